The van der Waals surface area contributed by atoms with Gasteiger partial charge in [0.2, 0.25) is 0 Å². The number of rotatable bonds is 3. The van der Waals surface area contributed by atoms with Crippen molar-refractivity contribution in [2.24, 2.45) is 0 Å². The van der Waals surface area contributed by atoms with Gasteiger partial charge in [-0.2, -0.15) is 0 Å². The van der Waals surface area contributed by atoms with Gasteiger partial charge >= 0.3 is 0 Å². The third-order valence-corrected chi connectivity index (χ3v) is 5.51. The van der Waals surface area contributed by atoms with Crippen LogP contribution in [0.5, 0.6) is 5.75 Å². The highest BCUT2D eigenvalue weighted by Gasteiger charge is 2.26. The molecule has 0 unspecified atom stereocenters. The molecule has 3 nitrogen and oxygen atoms in total. The normalized spacial score (nSPS) is 17.5. The molecule has 0 aromatic heterocycles. The molecule has 0 spiro atoms. The van der Waals surface area contributed by atoms with E-state index < -0.39 is 11.6 Å². The maximum atomic E-state index is 13.7. The molecule has 1 fully saturated rings. The molecule has 2 aliphatic rings. The average Bonchev–Trinajstić information content (AvgIpc) is 2.70. The molecule has 0 N–H and O–H groups in total. The largest absolute Gasteiger partial charge is 0.487 e. The maximum absolute atomic E-state index is 13.7. The summed E-state index contributed by atoms with van der Waals surface area (Å²) in [4.78, 5) is 14.7. The van der Waals surface area contributed by atoms with Crippen LogP contribution in [0.25, 0.3) is 0 Å². The number of aryl methyl sites for hydroxylation is 2. The summed E-state index contributed by atoms with van der Waals surface area (Å²) in [7, 11) is 0. The van der Waals surface area contributed by atoms with E-state index in [2.05, 4.69) is 6.07 Å². The van der Waals surface area contributed by atoms with E-state index in [1.165, 1.54) is 36.1 Å². The summed E-state index contributed by atoms with van der Waals surface area (Å²) in [5, 5.41) is 0. The zero-order valence-electron chi connectivity index (χ0n) is 15.2. The van der Waals surface area contributed by atoms with Gasteiger partial charge in [0.05, 0.1) is 0 Å². The SMILES string of the molecule is O=C(c1ccc2c(c1)CCCC2)N1CCC(Oc2ccc(F)cc2F)CC1. The van der Waals surface area contributed by atoms with Crippen LogP contribution in [-0.2, 0) is 12.8 Å². The first-order valence-corrected chi connectivity index (χ1v) is 9.63. The van der Waals surface area contributed by atoms with Crippen LogP contribution in [0.2, 0.25) is 0 Å². The van der Waals surface area contributed by atoms with E-state index in [0.717, 1.165) is 24.5 Å². The van der Waals surface area contributed by atoms with Crippen LogP contribution in [0.4, 0.5) is 8.78 Å². The molecule has 27 heavy (non-hydrogen) atoms. The van der Waals surface area contributed by atoms with Crippen LogP contribution in [-0.4, -0.2) is 30.0 Å². The fourth-order valence-corrected chi connectivity index (χ4v) is 3.98. The van der Waals surface area contributed by atoms with E-state index in [1.807, 2.05) is 17.0 Å². The highest BCUT2D eigenvalue weighted by Crippen LogP contribution is 2.25. The average molecular weight is 371 g/mol. The predicted octanol–water partition coefficient (Wildman–Crippen LogP) is 4.53. The Hall–Kier alpha value is -2.43. The summed E-state index contributed by atoms with van der Waals surface area (Å²) in [6.07, 6.45) is 5.66. The van der Waals surface area contributed by atoms with Crippen LogP contribution in [0.3, 0.4) is 0 Å². The van der Waals surface area contributed by atoms with E-state index in [0.29, 0.717) is 25.9 Å². The van der Waals surface area contributed by atoms with E-state index in [-0.39, 0.29) is 17.8 Å². The second-order valence-corrected chi connectivity index (χ2v) is 7.37. The number of halogens is 2. The van der Waals surface area contributed by atoms with Gasteiger partial charge in [-0.25, -0.2) is 8.78 Å². The lowest BCUT2D eigenvalue weighted by Gasteiger charge is -2.32. The van der Waals surface area contributed by atoms with Crippen LogP contribution in [0.15, 0.2) is 36.4 Å². The molecule has 0 atom stereocenters. The topological polar surface area (TPSA) is 29.5 Å². The van der Waals surface area contributed by atoms with Crippen LogP contribution < -0.4 is 4.74 Å². The maximum Gasteiger partial charge on any atom is 0.253 e. The molecule has 2 aromatic rings. The minimum absolute atomic E-state index is 0.0507. The molecule has 0 bridgehead atoms. The second-order valence-electron chi connectivity index (χ2n) is 7.37. The van der Waals surface area contributed by atoms with Crippen LogP contribution in [0, 0.1) is 11.6 Å². The third-order valence-electron chi connectivity index (χ3n) is 5.51. The molecule has 0 radical (unpaired) electrons. The molecule has 4 rings (SSSR count). The number of benzene rings is 2. The zero-order valence-corrected chi connectivity index (χ0v) is 15.2. The molecule has 5 heteroatoms. The number of carbonyl (C=O) groups excluding carboxylic acids is 1. The summed E-state index contributed by atoms with van der Waals surface area (Å²) >= 11 is 0. The number of fused-ring (bicyclic) bond motifs is 1. The molecule has 1 aliphatic carbocycles. The Labute approximate surface area is 157 Å². The smallest absolute Gasteiger partial charge is 0.253 e. The molecule has 1 aliphatic heterocycles. The lowest BCUT2D eigenvalue weighted by molar-refractivity contribution is 0.0588. The van der Waals surface area contributed by atoms with Gasteiger partial charge in [-0.1, -0.05) is 6.07 Å². The highest BCUT2D eigenvalue weighted by molar-refractivity contribution is 5.94. The standard InChI is InChI=1S/C22H23F2NO2/c23-18-7-8-21(20(24)14-18)27-19-9-11-25(12-10-19)22(26)17-6-5-15-3-1-2-4-16(15)13-17/h5-8,13-14,19H,1-4,9-12H2. The Kier molecular flexibility index (Phi) is 5.10. The number of likely N-dealkylation sites (tertiary alicyclic amines) is 1. The highest BCUT2D eigenvalue weighted by atomic mass is 19.1. The van der Waals surface area contributed by atoms with Gasteiger partial charge in [0, 0.05) is 37.6 Å². The second kappa shape index (κ2) is 7.67. The van der Waals surface area contributed by atoms with Crippen molar-refractivity contribution in [3.63, 3.8) is 0 Å². The van der Waals surface area contributed by atoms with E-state index >= 15 is 0 Å². The zero-order chi connectivity index (χ0) is 18.8. The van der Waals surface area contributed by atoms with Gasteiger partial charge in [0.15, 0.2) is 11.6 Å². The van der Waals surface area contributed by atoms with Crippen molar-refractivity contribution in [1.82, 2.24) is 4.90 Å². The molecular formula is C22H23F2NO2. The molecule has 0 saturated carbocycles. The molecule has 1 amide bonds. The Morgan fingerprint density at radius 3 is 2.44 bits per heavy atom. The summed E-state index contributed by atoms with van der Waals surface area (Å²) in [6.45, 7) is 1.15. The Morgan fingerprint density at radius 2 is 1.70 bits per heavy atom. The summed E-state index contributed by atoms with van der Waals surface area (Å²) in [6, 6.07) is 9.40. The molecule has 142 valence electrons. The van der Waals surface area contributed by atoms with Crippen LogP contribution >= 0.6 is 0 Å². The van der Waals surface area contributed by atoms with Crippen molar-refractivity contribution >= 4 is 5.91 Å². The Morgan fingerprint density at radius 1 is 0.963 bits per heavy atom. The Balaban J connectivity index is 1.36. The molecule has 1 heterocycles. The van der Waals surface area contributed by atoms with Crippen molar-refractivity contribution in [2.45, 2.75) is 44.6 Å². The van der Waals surface area contributed by atoms with E-state index in [1.54, 1.807) is 0 Å². The summed E-state index contributed by atoms with van der Waals surface area (Å²) in [5.41, 5.74) is 3.42. The van der Waals surface area contributed by atoms with Gasteiger partial charge < -0.3 is 9.64 Å². The quantitative estimate of drug-likeness (QED) is 0.794. The van der Waals surface area contributed by atoms with Gasteiger partial charge in [-0.15, -0.1) is 0 Å². The number of piperidine rings is 1. The lowest BCUT2D eigenvalue weighted by Crippen LogP contribution is -2.41. The fraction of sp³-hybridized carbons (Fsp3) is 0.409. The molecule has 1 saturated heterocycles. The predicted molar refractivity (Wildman–Crippen MR) is 99.0 cm³/mol. The summed E-state index contributed by atoms with van der Waals surface area (Å²) < 4.78 is 32.4. The van der Waals surface area contributed by atoms with Gasteiger partial charge in [-0.05, 0) is 61.1 Å². The minimum atomic E-state index is -0.692. The summed E-state index contributed by atoms with van der Waals surface area (Å²) in [5.74, 6) is -1.20. The van der Waals surface area contributed by atoms with Crippen molar-refractivity contribution in [3.8, 4) is 5.75 Å². The molecular weight excluding hydrogens is 348 g/mol. The van der Waals surface area contributed by atoms with Crippen molar-refractivity contribution in [1.29, 1.82) is 0 Å². The van der Waals surface area contributed by atoms with Crippen molar-refractivity contribution in [3.05, 3.63) is 64.7 Å². The van der Waals surface area contributed by atoms with Crippen molar-refractivity contribution < 1.29 is 18.3 Å². The van der Waals surface area contributed by atoms with Crippen molar-refractivity contribution in [2.75, 3.05) is 13.1 Å². The lowest BCUT2D eigenvalue weighted by atomic mass is 9.90. The fourth-order valence-electron chi connectivity index (χ4n) is 3.98. The first-order chi connectivity index (χ1) is 13.1. The first kappa shape index (κ1) is 18.0. The van der Waals surface area contributed by atoms with Gasteiger partial charge in [-0.3, -0.25) is 4.79 Å². The number of ether oxygens (including phenoxy) is 1. The van der Waals surface area contributed by atoms with Gasteiger partial charge in [0.25, 0.3) is 5.91 Å². The number of nitrogens with zero attached hydrogens (tertiary/aromatic N) is 1. The van der Waals surface area contributed by atoms with E-state index in [4.69, 9.17) is 4.74 Å². The minimum Gasteiger partial charge on any atom is -0.487 e. The number of hydrogen-bond acceptors (Lipinski definition) is 2. The first-order valence-electron chi connectivity index (χ1n) is 9.63. The monoisotopic (exact) mass is 371 g/mol. The number of amides is 1. The Bertz CT molecular complexity index is 844. The molecule has 2 aromatic carbocycles. The number of hydrogen-bond donors (Lipinski definition) is 0. The number of carbonyl (C=O) groups is 1. The van der Waals surface area contributed by atoms with E-state index in [9.17, 15) is 13.6 Å². The van der Waals surface area contributed by atoms with Gasteiger partial charge in [0.1, 0.15) is 11.9 Å². The van der Waals surface area contributed by atoms with Crippen LogP contribution in [0.1, 0.15) is 47.2 Å². The third kappa shape index (κ3) is 3.97.